The maximum Gasteiger partial charge on any atom is 0.341 e. The number of hydrogen-bond donors (Lipinski definition) is 2. The van der Waals surface area contributed by atoms with Crippen LogP contribution in [0.4, 0.5) is 10.8 Å². The Morgan fingerprint density at radius 1 is 1.16 bits per heavy atom. The number of ether oxygens (including phenoxy) is 1. The molecule has 0 bridgehead atoms. The summed E-state index contributed by atoms with van der Waals surface area (Å²) >= 11 is 6.57. The van der Waals surface area contributed by atoms with E-state index in [0.29, 0.717) is 27.8 Å². The largest absolute Gasteiger partial charge is 0.465 e. The predicted molar refractivity (Wildman–Crippen MR) is 131 cm³/mol. The molecule has 0 fully saturated rings. The average molecular weight is 472 g/mol. The molecular weight excluding hydrogens is 446 g/mol. The van der Waals surface area contributed by atoms with Crippen LogP contribution in [0, 0.1) is 13.8 Å². The highest BCUT2D eigenvalue weighted by Crippen LogP contribution is 2.34. The molecule has 1 amide bonds. The van der Waals surface area contributed by atoms with Gasteiger partial charge in [0.2, 0.25) is 0 Å². The van der Waals surface area contributed by atoms with E-state index in [2.05, 4.69) is 40.0 Å². The maximum absolute atomic E-state index is 12.5. The molecule has 1 aromatic carbocycles. The molecule has 0 aliphatic carbocycles. The van der Waals surface area contributed by atoms with E-state index in [0.717, 1.165) is 16.9 Å². The number of carbonyl (C=O) groups is 2. The Balaban J connectivity index is 1.74. The van der Waals surface area contributed by atoms with E-state index >= 15 is 0 Å². The lowest BCUT2D eigenvalue weighted by atomic mass is 10.1. The molecule has 0 aliphatic rings. The van der Waals surface area contributed by atoms with Crippen LogP contribution in [-0.2, 0) is 11.3 Å². The number of hydrogen-bond acceptors (Lipinski definition) is 6. The van der Waals surface area contributed by atoms with Gasteiger partial charge in [0.1, 0.15) is 5.00 Å². The van der Waals surface area contributed by atoms with Gasteiger partial charge in [-0.25, -0.2) is 4.79 Å². The highest BCUT2D eigenvalue weighted by atomic mass is 32.1. The molecule has 0 atom stereocenters. The summed E-state index contributed by atoms with van der Waals surface area (Å²) in [4.78, 5) is 26.7. The van der Waals surface area contributed by atoms with E-state index in [9.17, 15) is 9.59 Å². The predicted octanol–water partition coefficient (Wildman–Crippen LogP) is 3.91. The summed E-state index contributed by atoms with van der Waals surface area (Å²) in [6.45, 7) is 4.40. The normalized spacial score (nSPS) is 10.5. The van der Waals surface area contributed by atoms with Crippen LogP contribution < -0.4 is 10.6 Å². The number of thiophene rings is 1. The average Bonchev–Trinajstić information content (AvgIpc) is 3.32. The van der Waals surface area contributed by atoms with Crippen molar-refractivity contribution in [3.8, 4) is 0 Å². The van der Waals surface area contributed by atoms with Crippen molar-refractivity contribution >= 4 is 51.4 Å². The van der Waals surface area contributed by atoms with Gasteiger partial charge in [-0.1, -0.05) is 29.8 Å². The standard InChI is InChI=1S/C22H25N5O3S2/c1-13-6-8-15(9-7-13)12-27-11-10-16(25-27)23-22(31)24-19-17(21(29)30-5)14(2)18(32-19)20(28)26(3)4/h6-11H,12H2,1-5H3,(H2,23,24,25,31). The SMILES string of the molecule is COC(=O)c1c(NC(=S)Nc2ccn(Cc3ccc(C)cc3)n2)sc(C(=O)N(C)C)c1C. The lowest BCUT2D eigenvalue weighted by Gasteiger charge is -2.09. The van der Waals surface area contributed by atoms with Gasteiger partial charge >= 0.3 is 5.97 Å². The van der Waals surface area contributed by atoms with Gasteiger partial charge in [-0.15, -0.1) is 11.3 Å². The molecule has 0 spiro atoms. The van der Waals surface area contributed by atoms with Gasteiger partial charge in [0.05, 0.1) is 24.1 Å². The fourth-order valence-electron chi connectivity index (χ4n) is 3.00. The summed E-state index contributed by atoms with van der Waals surface area (Å²) < 4.78 is 6.71. The minimum absolute atomic E-state index is 0.195. The van der Waals surface area contributed by atoms with Crippen molar-refractivity contribution in [1.82, 2.24) is 14.7 Å². The third kappa shape index (κ3) is 5.32. The highest BCUT2D eigenvalue weighted by molar-refractivity contribution is 7.80. The van der Waals surface area contributed by atoms with Crippen molar-refractivity contribution in [3.63, 3.8) is 0 Å². The lowest BCUT2D eigenvalue weighted by molar-refractivity contribution is 0.0601. The minimum atomic E-state index is -0.538. The van der Waals surface area contributed by atoms with Crippen molar-refractivity contribution in [2.75, 3.05) is 31.8 Å². The summed E-state index contributed by atoms with van der Waals surface area (Å²) in [6.07, 6.45) is 1.85. The minimum Gasteiger partial charge on any atom is -0.465 e. The van der Waals surface area contributed by atoms with Crippen LogP contribution in [0.1, 0.15) is 36.7 Å². The first-order chi connectivity index (χ1) is 15.2. The molecule has 8 nitrogen and oxygen atoms in total. The van der Waals surface area contributed by atoms with Crippen molar-refractivity contribution in [2.24, 2.45) is 0 Å². The van der Waals surface area contributed by atoms with Gasteiger partial charge in [-0.05, 0) is 37.2 Å². The number of benzene rings is 1. The molecule has 2 N–H and O–H groups in total. The molecule has 168 valence electrons. The highest BCUT2D eigenvalue weighted by Gasteiger charge is 2.26. The lowest BCUT2D eigenvalue weighted by Crippen LogP contribution is -2.21. The molecule has 0 saturated carbocycles. The topological polar surface area (TPSA) is 88.5 Å². The van der Waals surface area contributed by atoms with Crippen molar-refractivity contribution in [3.05, 3.63) is 63.7 Å². The molecular formula is C22H25N5O3S2. The molecule has 2 heterocycles. The Morgan fingerprint density at radius 3 is 2.47 bits per heavy atom. The Morgan fingerprint density at radius 2 is 1.84 bits per heavy atom. The Bertz CT molecular complexity index is 1150. The summed E-state index contributed by atoms with van der Waals surface area (Å²) in [5.74, 6) is -0.171. The summed E-state index contributed by atoms with van der Waals surface area (Å²) in [6, 6.07) is 10.1. The van der Waals surface area contributed by atoms with Crippen LogP contribution in [0.15, 0.2) is 36.5 Å². The van der Waals surface area contributed by atoms with Crippen molar-refractivity contribution < 1.29 is 14.3 Å². The molecule has 0 radical (unpaired) electrons. The zero-order valence-electron chi connectivity index (χ0n) is 18.6. The van der Waals surface area contributed by atoms with Gasteiger partial charge in [0.25, 0.3) is 5.91 Å². The fraction of sp³-hybridized carbons (Fsp3) is 0.273. The Labute approximate surface area is 196 Å². The number of methoxy groups -OCH3 is 1. The van der Waals surface area contributed by atoms with E-state index < -0.39 is 5.97 Å². The summed E-state index contributed by atoms with van der Waals surface area (Å²) in [5, 5.41) is 11.2. The number of rotatable bonds is 6. The van der Waals surface area contributed by atoms with Gasteiger partial charge in [-0.3, -0.25) is 9.48 Å². The second-order valence-electron chi connectivity index (χ2n) is 7.41. The van der Waals surface area contributed by atoms with Gasteiger partial charge in [0.15, 0.2) is 10.9 Å². The van der Waals surface area contributed by atoms with E-state index in [-0.39, 0.29) is 16.6 Å². The summed E-state index contributed by atoms with van der Waals surface area (Å²) in [7, 11) is 4.62. The number of thiocarbonyl (C=S) groups is 1. The van der Waals surface area contributed by atoms with Crippen LogP contribution in [0.25, 0.3) is 0 Å². The summed E-state index contributed by atoms with van der Waals surface area (Å²) in [5.41, 5.74) is 3.18. The van der Waals surface area contributed by atoms with E-state index in [1.807, 2.05) is 19.2 Å². The van der Waals surface area contributed by atoms with Crippen LogP contribution in [0.5, 0.6) is 0 Å². The number of amides is 1. The molecule has 0 unspecified atom stereocenters. The quantitative estimate of drug-likeness (QED) is 0.416. The number of esters is 1. The van der Waals surface area contributed by atoms with Crippen molar-refractivity contribution in [2.45, 2.75) is 20.4 Å². The van der Waals surface area contributed by atoms with Crippen molar-refractivity contribution in [1.29, 1.82) is 0 Å². The monoisotopic (exact) mass is 471 g/mol. The molecule has 0 saturated heterocycles. The number of anilines is 2. The first kappa shape index (κ1) is 23.4. The molecule has 0 aliphatic heterocycles. The Kier molecular flexibility index (Phi) is 7.26. The molecule has 2 aromatic heterocycles. The molecule has 32 heavy (non-hydrogen) atoms. The number of nitrogens with zero attached hydrogens (tertiary/aromatic N) is 3. The van der Waals surface area contributed by atoms with E-state index in [4.69, 9.17) is 17.0 Å². The number of nitrogens with one attached hydrogen (secondary N) is 2. The smallest absolute Gasteiger partial charge is 0.341 e. The van der Waals surface area contributed by atoms with E-state index in [1.54, 1.807) is 25.7 Å². The van der Waals surface area contributed by atoms with Crippen LogP contribution in [-0.4, -0.2) is 52.9 Å². The third-order valence-electron chi connectivity index (χ3n) is 4.71. The van der Waals surface area contributed by atoms with Crippen LogP contribution in [0.2, 0.25) is 0 Å². The zero-order chi connectivity index (χ0) is 23.4. The second kappa shape index (κ2) is 9.92. The number of aryl methyl sites for hydroxylation is 1. The van der Waals surface area contributed by atoms with Gasteiger partial charge < -0.3 is 20.3 Å². The Hall–Kier alpha value is -3.24. The van der Waals surface area contributed by atoms with Crippen LogP contribution >= 0.6 is 23.6 Å². The van der Waals surface area contributed by atoms with Gasteiger partial charge in [0, 0.05) is 26.4 Å². The fourth-order valence-corrected chi connectivity index (χ4v) is 4.50. The molecule has 10 heteroatoms. The first-order valence-electron chi connectivity index (χ1n) is 9.80. The van der Waals surface area contributed by atoms with Crippen LogP contribution in [0.3, 0.4) is 0 Å². The first-order valence-corrected chi connectivity index (χ1v) is 11.0. The third-order valence-corrected chi connectivity index (χ3v) is 6.11. The second-order valence-corrected chi connectivity index (χ2v) is 8.84. The number of carbonyl (C=O) groups excluding carboxylic acids is 2. The number of aromatic nitrogens is 2. The molecule has 3 aromatic rings. The molecule has 3 rings (SSSR count). The zero-order valence-corrected chi connectivity index (χ0v) is 20.2. The van der Waals surface area contributed by atoms with Gasteiger partial charge in [-0.2, -0.15) is 5.10 Å². The maximum atomic E-state index is 12.5. The van der Waals surface area contributed by atoms with E-state index in [1.165, 1.54) is 17.6 Å².